The highest BCUT2D eigenvalue weighted by Gasteiger charge is 2.35. The van der Waals surface area contributed by atoms with E-state index in [2.05, 4.69) is 21.3 Å². The fourth-order valence-electron chi connectivity index (χ4n) is 4.88. The molecular weight excluding hydrogens is 684 g/mol. The second-order valence-corrected chi connectivity index (χ2v) is 13.0. The van der Waals surface area contributed by atoms with Gasteiger partial charge in [-0.1, -0.05) is 58.0 Å². The van der Waals surface area contributed by atoms with E-state index >= 15 is 0 Å². The molecular formula is C33H50N8O11. The third-order valence-corrected chi connectivity index (χ3v) is 7.57. The molecule has 19 nitrogen and oxygen atoms in total. The molecule has 1 aromatic carbocycles. The number of benzene rings is 1. The SMILES string of the molecule is CC(C)C[C@H](NC(=O)[C@@H](NC(=O)[C@H](CC(N)=O)NC(=O)[C@@H](N)Cc1ccccc1)C(C)C)C(=O)N[C@@H](CCC(N)=O)C(=O)N[C@@H](CC(=O)O)C(=O)O. The van der Waals surface area contributed by atoms with Crippen molar-refractivity contribution in [3.63, 3.8) is 0 Å². The van der Waals surface area contributed by atoms with E-state index in [-0.39, 0.29) is 25.2 Å². The van der Waals surface area contributed by atoms with Crippen molar-refractivity contribution in [2.75, 3.05) is 0 Å². The number of carboxylic acids is 2. The van der Waals surface area contributed by atoms with Crippen LogP contribution in [0.15, 0.2) is 30.3 Å². The zero-order valence-corrected chi connectivity index (χ0v) is 29.5. The second kappa shape index (κ2) is 21.6. The summed E-state index contributed by atoms with van der Waals surface area (Å²) in [7, 11) is 0. The minimum absolute atomic E-state index is 0.0108. The second-order valence-electron chi connectivity index (χ2n) is 13.0. The first kappa shape index (κ1) is 44.4. The first-order valence-corrected chi connectivity index (χ1v) is 16.5. The van der Waals surface area contributed by atoms with E-state index in [0.29, 0.717) is 0 Å². The molecule has 0 unspecified atom stereocenters. The first-order chi connectivity index (χ1) is 24.2. The first-order valence-electron chi connectivity index (χ1n) is 16.5. The highest BCUT2D eigenvalue weighted by atomic mass is 16.4. The number of amides is 7. The summed E-state index contributed by atoms with van der Waals surface area (Å²) >= 11 is 0. The molecule has 52 heavy (non-hydrogen) atoms. The summed E-state index contributed by atoms with van der Waals surface area (Å²) in [5, 5.41) is 30.2. The average Bonchev–Trinajstić information content (AvgIpc) is 3.03. The van der Waals surface area contributed by atoms with Gasteiger partial charge in [-0.2, -0.15) is 0 Å². The van der Waals surface area contributed by atoms with Crippen molar-refractivity contribution in [2.45, 2.75) is 102 Å². The lowest BCUT2D eigenvalue weighted by Crippen LogP contribution is -2.60. The Kier molecular flexibility index (Phi) is 18.4. The van der Waals surface area contributed by atoms with Gasteiger partial charge in [-0.25, -0.2) is 4.79 Å². The molecule has 0 saturated carbocycles. The van der Waals surface area contributed by atoms with E-state index in [1.54, 1.807) is 58.0 Å². The molecule has 0 aliphatic rings. The van der Waals surface area contributed by atoms with Gasteiger partial charge in [-0.15, -0.1) is 0 Å². The monoisotopic (exact) mass is 734 g/mol. The maximum Gasteiger partial charge on any atom is 0.326 e. The van der Waals surface area contributed by atoms with Crippen molar-refractivity contribution < 1.29 is 53.4 Å². The summed E-state index contributed by atoms with van der Waals surface area (Å²) in [5.41, 5.74) is 17.3. The van der Waals surface area contributed by atoms with Gasteiger partial charge in [0.15, 0.2) is 0 Å². The maximum absolute atomic E-state index is 13.6. The number of rotatable bonds is 23. The highest BCUT2D eigenvalue weighted by Crippen LogP contribution is 2.11. The van der Waals surface area contributed by atoms with Crippen molar-refractivity contribution in [3.05, 3.63) is 35.9 Å². The Morgan fingerprint density at radius 1 is 0.635 bits per heavy atom. The van der Waals surface area contributed by atoms with Gasteiger partial charge in [0.25, 0.3) is 0 Å². The molecule has 0 aromatic heterocycles. The van der Waals surface area contributed by atoms with Crippen LogP contribution in [0.3, 0.4) is 0 Å². The number of carbonyl (C=O) groups is 9. The summed E-state index contributed by atoms with van der Waals surface area (Å²) < 4.78 is 0. The van der Waals surface area contributed by atoms with E-state index in [1.165, 1.54) is 0 Å². The molecule has 0 aliphatic heterocycles. The molecule has 6 atom stereocenters. The van der Waals surface area contributed by atoms with Crippen LogP contribution in [-0.2, 0) is 49.6 Å². The molecule has 1 rings (SSSR count). The van der Waals surface area contributed by atoms with Crippen molar-refractivity contribution in [1.82, 2.24) is 26.6 Å². The van der Waals surface area contributed by atoms with Gasteiger partial charge in [-0.05, 0) is 36.7 Å². The Hall–Kier alpha value is -5.59. The zero-order valence-electron chi connectivity index (χ0n) is 29.5. The largest absolute Gasteiger partial charge is 0.481 e. The number of aliphatic carboxylic acids is 2. The minimum atomic E-state index is -1.86. The topological polar surface area (TPSA) is 332 Å². The third-order valence-electron chi connectivity index (χ3n) is 7.57. The van der Waals surface area contributed by atoms with Gasteiger partial charge < -0.3 is 54.0 Å². The highest BCUT2D eigenvalue weighted by molar-refractivity contribution is 5.98. The van der Waals surface area contributed by atoms with Crippen LogP contribution in [0.2, 0.25) is 0 Å². The Balaban J connectivity index is 3.20. The number of primary amides is 2. The van der Waals surface area contributed by atoms with Gasteiger partial charge in [0, 0.05) is 6.42 Å². The van der Waals surface area contributed by atoms with E-state index in [0.717, 1.165) is 5.56 Å². The van der Waals surface area contributed by atoms with Crippen LogP contribution in [0.5, 0.6) is 0 Å². The lowest BCUT2D eigenvalue weighted by molar-refractivity contribution is -0.147. The fourth-order valence-corrected chi connectivity index (χ4v) is 4.88. The lowest BCUT2D eigenvalue weighted by atomic mass is 9.98. The van der Waals surface area contributed by atoms with Crippen molar-refractivity contribution in [1.29, 1.82) is 0 Å². The number of nitrogens with one attached hydrogen (secondary N) is 5. The number of carboxylic acid groups (broad SMARTS) is 2. The molecule has 0 heterocycles. The Bertz CT molecular complexity index is 1450. The van der Waals surface area contributed by atoms with Crippen LogP contribution in [0.25, 0.3) is 0 Å². The molecule has 0 spiro atoms. The lowest BCUT2D eigenvalue weighted by Gasteiger charge is -2.29. The Morgan fingerprint density at radius 2 is 1.15 bits per heavy atom. The standard InChI is InChI=1S/C33H50N8O11/c1-16(2)12-21(30(48)37-20(10-11-24(35)42)29(47)40-23(33(51)52)15-26(44)45)39-32(50)27(17(3)4)41-31(49)22(14-25(36)43)38-28(46)19(34)13-18-8-6-5-7-9-18/h5-9,16-17,19-23,27H,10-15,34H2,1-4H3,(H2,35,42)(H2,36,43)(H,37,48)(H,38,46)(H,39,50)(H,40,47)(H,41,49)(H,44,45)(H,51,52)/t19-,20-,21-,22-,23-,27-/m0/s1. The van der Waals surface area contributed by atoms with Gasteiger partial charge >= 0.3 is 11.9 Å². The predicted molar refractivity (Wildman–Crippen MR) is 184 cm³/mol. The zero-order chi connectivity index (χ0) is 39.7. The molecule has 19 heteroatoms. The molecule has 0 fully saturated rings. The number of nitrogens with two attached hydrogens (primary N) is 3. The van der Waals surface area contributed by atoms with Gasteiger partial charge in [0.1, 0.15) is 30.2 Å². The summed E-state index contributed by atoms with van der Waals surface area (Å²) in [6.45, 7) is 6.63. The van der Waals surface area contributed by atoms with Crippen LogP contribution in [0, 0.1) is 11.8 Å². The minimum Gasteiger partial charge on any atom is -0.481 e. The number of hydrogen-bond donors (Lipinski definition) is 10. The molecule has 13 N–H and O–H groups in total. The third kappa shape index (κ3) is 16.4. The maximum atomic E-state index is 13.6. The number of hydrogen-bond acceptors (Lipinski definition) is 10. The molecule has 288 valence electrons. The summed E-state index contributed by atoms with van der Waals surface area (Å²) in [6.07, 6.45) is -2.27. The Labute approximate surface area is 300 Å². The average molecular weight is 735 g/mol. The van der Waals surface area contributed by atoms with E-state index in [9.17, 15) is 48.3 Å². The molecule has 0 bridgehead atoms. The quantitative estimate of drug-likeness (QED) is 0.0553. The predicted octanol–water partition coefficient (Wildman–Crippen LogP) is -2.62. The van der Waals surface area contributed by atoms with Gasteiger partial charge in [0.05, 0.1) is 18.9 Å². The molecule has 0 saturated heterocycles. The summed E-state index contributed by atoms with van der Waals surface area (Å²) in [5.74, 6) is -10.3. The van der Waals surface area contributed by atoms with Crippen molar-refractivity contribution in [3.8, 4) is 0 Å². The summed E-state index contributed by atoms with van der Waals surface area (Å²) in [4.78, 5) is 112. The van der Waals surface area contributed by atoms with Crippen LogP contribution < -0.4 is 43.8 Å². The normalized spacial score (nSPS) is 14.4. The number of carbonyl (C=O) groups excluding carboxylic acids is 7. The van der Waals surface area contributed by atoms with Crippen LogP contribution in [0.4, 0.5) is 0 Å². The molecule has 1 aromatic rings. The fraction of sp³-hybridized carbons (Fsp3) is 0.545. The molecule has 7 amide bonds. The van der Waals surface area contributed by atoms with Gasteiger partial charge in [-0.3, -0.25) is 38.4 Å². The van der Waals surface area contributed by atoms with Crippen LogP contribution in [-0.4, -0.2) is 99.8 Å². The van der Waals surface area contributed by atoms with E-state index in [4.69, 9.17) is 22.3 Å². The van der Waals surface area contributed by atoms with Crippen LogP contribution >= 0.6 is 0 Å². The van der Waals surface area contributed by atoms with Crippen molar-refractivity contribution >= 4 is 53.3 Å². The Morgan fingerprint density at radius 3 is 1.65 bits per heavy atom. The van der Waals surface area contributed by atoms with Crippen LogP contribution in [0.1, 0.15) is 65.4 Å². The smallest absolute Gasteiger partial charge is 0.326 e. The van der Waals surface area contributed by atoms with E-state index in [1.807, 2.05) is 5.32 Å². The summed E-state index contributed by atoms with van der Waals surface area (Å²) in [6, 6.07) is 0.154. The van der Waals surface area contributed by atoms with Gasteiger partial charge in [0.2, 0.25) is 41.4 Å². The van der Waals surface area contributed by atoms with E-state index < -0.39 is 115 Å². The molecule has 0 aliphatic carbocycles. The van der Waals surface area contributed by atoms with Crippen molar-refractivity contribution in [2.24, 2.45) is 29.0 Å². The molecule has 0 radical (unpaired) electrons.